The van der Waals surface area contributed by atoms with Crippen LogP contribution < -0.4 is 16.0 Å². The quantitative estimate of drug-likeness (QED) is 0.422. The summed E-state index contributed by atoms with van der Waals surface area (Å²) >= 11 is 2.78. The maximum absolute atomic E-state index is 12.9. The summed E-state index contributed by atoms with van der Waals surface area (Å²) in [7, 11) is 3.90. The van der Waals surface area contributed by atoms with Crippen LogP contribution in [0.25, 0.3) is 10.7 Å². The number of rotatable bonds is 10. The molecule has 198 valence electrons. The van der Waals surface area contributed by atoms with Gasteiger partial charge in [0.2, 0.25) is 5.91 Å². The van der Waals surface area contributed by atoms with Gasteiger partial charge in [0.1, 0.15) is 21.4 Å². The lowest BCUT2D eigenvalue weighted by Crippen LogP contribution is -2.39. The number of hydrogen-bond acceptors (Lipinski definition) is 9. The van der Waals surface area contributed by atoms with E-state index in [1.807, 2.05) is 45.1 Å². The molecule has 1 atom stereocenters. The van der Waals surface area contributed by atoms with E-state index < -0.39 is 5.54 Å². The maximum Gasteiger partial charge on any atom is 0.270 e. The molecule has 2 aliphatic heterocycles. The Morgan fingerprint density at radius 2 is 1.97 bits per heavy atom. The van der Waals surface area contributed by atoms with Gasteiger partial charge in [0.05, 0.1) is 24.1 Å². The molecule has 0 unspecified atom stereocenters. The fourth-order valence-electron chi connectivity index (χ4n) is 4.28. The lowest BCUT2D eigenvalue weighted by atomic mass is 9.89. The first-order valence-electron chi connectivity index (χ1n) is 12.3. The minimum absolute atomic E-state index is 0.117. The normalized spacial score (nSPS) is 18.8. The number of amides is 3. The molecule has 2 aliphatic rings. The van der Waals surface area contributed by atoms with Crippen LogP contribution in [0.3, 0.4) is 0 Å². The molecule has 3 N–H and O–H groups in total. The Labute approximate surface area is 224 Å². The van der Waals surface area contributed by atoms with E-state index >= 15 is 0 Å². The smallest absolute Gasteiger partial charge is 0.270 e. The number of nitrogens with zero attached hydrogens (tertiary/aromatic N) is 4. The molecule has 0 fully saturated rings. The van der Waals surface area contributed by atoms with Gasteiger partial charge in [0.15, 0.2) is 0 Å². The summed E-state index contributed by atoms with van der Waals surface area (Å²) in [6.07, 6.45) is 1.79. The van der Waals surface area contributed by atoms with E-state index in [4.69, 9.17) is 0 Å². The Bertz CT molecular complexity index is 1260. The SMILES string of the molecule is C[C@H]1CCC(C2=C(CC(=O)NCc3nc(-c4nc(C(=O)NCCN(C)C)cs4)cs3)C(C)(C)NC2=O)=N1. The Balaban J connectivity index is 1.36. The van der Waals surface area contributed by atoms with Crippen molar-refractivity contribution in [1.82, 2.24) is 30.8 Å². The zero-order valence-corrected chi connectivity index (χ0v) is 23.4. The van der Waals surface area contributed by atoms with Crippen LogP contribution in [0.1, 0.15) is 55.5 Å². The molecule has 4 rings (SSSR count). The van der Waals surface area contributed by atoms with Gasteiger partial charge in [-0.15, -0.1) is 22.7 Å². The molecule has 2 aromatic rings. The molecular weight excluding hydrogens is 510 g/mol. The standard InChI is InChI=1S/C25H33N7O3S2/c1-14-6-7-16(28-14)21-15(25(2,3)31-23(21)35)10-19(33)27-11-20-29-18(13-36-20)24-30-17(12-37-24)22(34)26-8-9-32(4)5/h12-14H,6-11H2,1-5H3,(H,26,34)(H,27,33)(H,31,35)/t14-/m0/s1. The molecular formula is C25H33N7O3S2. The van der Waals surface area contributed by atoms with Crippen molar-refractivity contribution < 1.29 is 14.4 Å². The second-order valence-electron chi connectivity index (χ2n) is 10.1. The number of carbonyl (C=O) groups is 3. The largest absolute Gasteiger partial charge is 0.349 e. The molecule has 4 heterocycles. The van der Waals surface area contributed by atoms with Crippen molar-refractivity contribution in [3.8, 4) is 10.7 Å². The Morgan fingerprint density at radius 1 is 1.19 bits per heavy atom. The average Bonchev–Trinajstić information content (AvgIpc) is 3.59. The van der Waals surface area contributed by atoms with E-state index in [0.717, 1.165) is 35.7 Å². The highest BCUT2D eigenvalue weighted by molar-refractivity contribution is 7.14. The van der Waals surface area contributed by atoms with Crippen molar-refractivity contribution in [3.63, 3.8) is 0 Å². The van der Waals surface area contributed by atoms with E-state index in [1.165, 1.54) is 22.7 Å². The van der Waals surface area contributed by atoms with Gasteiger partial charge in [-0.05, 0) is 53.3 Å². The highest BCUT2D eigenvalue weighted by atomic mass is 32.1. The summed E-state index contributed by atoms with van der Waals surface area (Å²) in [5, 5.41) is 13.8. The van der Waals surface area contributed by atoms with Crippen molar-refractivity contribution in [1.29, 1.82) is 0 Å². The van der Waals surface area contributed by atoms with Gasteiger partial charge in [-0.3, -0.25) is 19.4 Å². The third-order valence-corrected chi connectivity index (χ3v) is 8.01. The summed E-state index contributed by atoms with van der Waals surface area (Å²) in [6.45, 7) is 7.44. The van der Waals surface area contributed by atoms with E-state index in [1.54, 1.807) is 5.38 Å². The lowest BCUT2D eigenvalue weighted by Gasteiger charge is -2.22. The predicted octanol–water partition coefficient (Wildman–Crippen LogP) is 2.39. The molecule has 10 nitrogen and oxygen atoms in total. The molecule has 0 saturated carbocycles. The number of carbonyl (C=O) groups excluding carboxylic acids is 3. The number of nitrogens with one attached hydrogen (secondary N) is 3. The molecule has 37 heavy (non-hydrogen) atoms. The van der Waals surface area contributed by atoms with Crippen molar-refractivity contribution in [2.24, 2.45) is 4.99 Å². The topological polar surface area (TPSA) is 129 Å². The van der Waals surface area contributed by atoms with Gasteiger partial charge >= 0.3 is 0 Å². The molecule has 0 aromatic carbocycles. The van der Waals surface area contributed by atoms with Crippen LogP contribution in [0.4, 0.5) is 0 Å². The zero-order chi connectivity index (χ0) is 26.7. The summed E-state index contributed by atoms with van der Waals surface area (Å²) in [5.41, 5.74) is 2.60. The fraction of sp³-hybridized carbons (Fsp3) is 0.520. The lowest BCUT2D eigenvalue weighted by molar-refractivity contribution is -0.121. The molecule has 12 heteroatoms. The van der Waals surface area contributed by atoms with Crippen LogP contribution in [0.15, 0.2) is 26.9 Å². The predicted molar refractivity (Wildman–Crippen MR) is 146 cm³/mol. The Morgan fingerprint density at radius 3 is 2.68 bits per heavy atom. The second kappa shape index (κ2) is 11.2. The van der Waals surface area contributed by atoms with Crippen LogP contribution >= 0.6 is 22.7 Å². The molecule has 0 saturated heterocycles. The molecule has 0 aliphatic carbocycles. The average molecular weight is 544 g/mol. The van der Waals surface area contributed by atoms with Crippen LogP contribution in [-0.2, 0) is 16.1 Å². The third-order valence-electron chi connectivity index (χ3n) is 6.30. The first-order chi connectivity index (χ1) is 17.5. The van der Waals surface area contributed by atoms with Crippen molar-refractivity contribution in [2.75, 3.05) is 27.2 Å². The summed E-state index contributed by atoms with van der Waals surface area (Å²) in [6, 6.07) is 0.194. The van der Waals surface area contributed by atoms with Crippen molar-refractivity contribution in [3.05, 3.63) is 32.6 Å². The number of aromatic nitrogens is 2. The highest BCUT2D eigenvalue weighted by Gasteiger charge is 2.41. The third kappa shape index (κ3) is 6.49. The zero-order valence-electron chi connectivity index (χ0n) is 21.8. The van der Waals surface area contributed by atoms with E-state index in [9.17, 15) is 14.4 Å². The van der Waals surface area contributed by atoms with Gasteiger partial charge in [0.25, 0.3) is 11.8 Å². The molecule has 0 radical (unpaired) electrons. The van der Waals surface area contributed by atoms with E-state index in [2.05, 4.69) is 30.9 Å². The first kappa shape index (κ1) is 27.1. The monoisotopic (exact) mass is 543 g/mol. The van der Waals surface area contributed by atoms with Crippen LogP contribution in [-0.4, -0.2) is 77.1 Å². The van der Waals surface area contributed by atoms with Gasteiger partial charge in [-0.1, -0.05) is 0 Å². The summed E-state index contributed by atoms with van der Waals surface area (Å²) in [5.74, 6) is -0.535. The van der Waals surface area contributed by atoms with Gasteiger partial charge in [0, 0.05) is 35.6 Å². The van der Waals surface area contributed by atoms with Crippen molar-refractivity contribution in [2.45, 2.75) is 58.2 Å². The number of likely N-dealkylation sites (N-methyl/N-ethyl adjacent to an activating group) is 1. The first-order valence-corrected chi connectivity index (χ1v) is 14.0. The van der Waals surface area contributed by atoms with Crippen LogP contribution in [0, 0.1) is 0 Å². The van der Waals surface area contributed by atoms with Gasteiger partial charge in [-0.2, -0.15) is 0 Å². The van der Waals surface area contributed by atoms with Gasteiger partial charge < -0.3 is 20.9 Å². The Hall–Kier alpha value is -2.96. The maximum atomic E-state index is 12.9. The number of hydrogen-bond donors (Lipinski definition) is 3. The van der Waals surface area contributed by atoms with E-state index in [-0.39, 0.29) is 36.7 Å². The van der Waals surface area contributed by atoms with Crippen LogP contribution in [0.2, 0.25) is 0 Å². The van der Waals surface area contributed by atoms with Crippen LogP contribution in [0.5, 0.6) is 0 Å². The summed E-state index contributed by atoms with van der Waals surface area (Å²) < 4.78 is 0. The highest BCUT2D eigenvalue weighted by Crippen LogP contribution is 2.33. The fourth-order valence-corrected chi connectivity index (χ4v) is 5.84. The minimum Gasteiger partial charge on any atom is -0.349 e. The van der Waals surface area contributed by atoms with Gasteiger partial charge in [-0.25, -0.2) is 9.97 Å². The summed E-state index contributed by atoms with van der Waals surface area (Å²) in [4.78, 5) is 53.5. The number of aliphatic imine (C=N–C) groups is 1. The van der Waals surface area contributed by atoms with E-state index in [0.29, 0.717) is 28.5 Å². The Kier molecular flexibility index (Phi) is 8.20. The molecule has 0 spiro atoms. The van der Waals surface area contributed by atoms with Crippen molar-refractivity contribution >= 4 is 46.1 Å². The minimum atomic E-state index is -0.603. The molecule has 2 aromatic heterocycles. The second-order valence-corrected chi connectivity index (χ2v) is 11.9. The molecule has 3 amide bonds. The number of thiazole rings is 2. The molecule has 0 bridgehead atoms.